The van der Waals surface area contributed by atoms with Gasteiger partial charge in [0.1, 0.15) is 5.60 Å². The summed E-state index contributed by atoms with van der Waals surface area (Å²) in [5.74, 6) is -1.24. The molecular weight excluding hydrogens is 345 g/mol. The predicted molar refractivity (Wildman–Crippen MR) is 86.9 cm³/mol. The van der Waals surface area contributed by atoms with Gasteiger partial charge in [-0.25, -0.2) is 9.59 Å². The number of amides is 1. The molecule has 8 heteroatoms. The highest BCUT2D eigenvalue weighted by Gasteiger charge is 2.24. The van der Waals surface area contributed by atoms with E-state index in [2.05, 4.69) is 5.32 Å². The molecule has 0 radical (unpaired) electrons. The topological polar surface area (TPSA) is 84.9 Å². The minimum atomic E-state index is -1.24. The van der Waals surface area contributed by atoms with Crippen LogP contribution in [0, 0.1) is 0 Å². The average Bonchev–Trinajstić information content (AvgIpc) is 2.38. The maximum Gasteiger partial charge on any atom is 0.408 e. The first kappa shape index (κ1) is 19.5. The quantitative estimate of drug-likeness (QED) is 0.807. The van der Waals surface area contributed by atoms with Crippen molar-refractivity contribution in [1.29, 1.82) is 0 Å². The molecule has 1 aromatic carbocycles. The van der Waals surface area contributed by atoms with Crippen LogP contribution in [0.25, 0.3) is 0 Å². The number of halogens is 2. The van der Waals surface area contributed by atoms with Crippen LogP contribution in [0.5, 0.6) is 0 Å². The summed E-state index contributed by atoms with van der Waals surface area (Å²) in [6.45, 7) is 4.81. The Bertz CT molecular complexity index is 551. The molecule has 1 aromatic rings. The number of hydrogen-bond donors (Lipinski definition) is 2. The molecule has 1 atom stereocenters. The summed E-state index contributed by atoms with van der Waals surface area (Å²) in [5, 5.41) is 12.2. The third-order valence-electron chi connectivity index (χ3n) is 2.58. The molecule has 0 spiro atoms. The van der Waals surface area contributed by atoms with Crippen molar-refractivity contribution in [2.75, 3.05) is 6.61 Å². The fraction of sp³-hybridized carbons (Fsp3) is 0.467. The van der Waals surface area contributed by atoms with Crippen molar-refractivity contribution >= 4 is 35.3 Å². The van der Waals surface area contributed by atoms with Crippen LogP contribution in [-0.4, -0.2) is 35.4 Å². The lowest BCUT2D eigenvalue weighted by Gasteiger charge is -2.22. The Morgan fingerprint density at radius 3 is 2.30 bits per heavy atom. The van der Waals surface area contributed by atoms with Crippen LogP contribution in [0.4, 0.5) is 4.79 Å². The summed E-state index contributed by atoms with van der Waals surface area (Å²) in [7, 11) is 0. The molecule has 1 rings (SSSR count). The Morgan fingerprint density at radius 2 is 1.83 bits per heavy atom. The summed E-state index contributed by atoms with van der Waals surface area (Å²) in [4.78, 5) is 22.8. The van der Waals surface area contributed by atoms with Gasteiger partial charge in [0.25, 0.3) is 0 Å². The number of rotatable bonds is 6. The predicted octanol–water partition coefficient (Wildman–Crippen LogP) is 3.49. The van der Waals surface area contributed by atoms with E-state index in [9.17, 15) is 9.59 Å². The largest absolute Gasteiger partial charge is 0.480 e. The van der Waals surface area contributed by atoms with Gasteiger partial charge in [0.2, 0.25) is 0 Å². The maximum atomic E-state index is 11.6. The molecule has 0 unspecified atom stereocenters. The number of aliphatic carboxylic acids is 1. The van der Waals surface area contributed by atoms with E-state index in [1.54, 1.807) is 39.0 Å². The molecule has 6 nitrogen and oxygen atoms in total. The lowest BCUT2D eigenvalue weighted by atomic mass is 10.2. The molecule has 0 aliphatic rings. The van der Waals surface area contributed by atoms with Crippen LogP contribution in [0.3, 0.4) is 0 Å². The van der Waals surface area contributed by atoms with Crippen molar-refractivity contribution < 1.29 is 24.2 Å². The summed E-state index contributed by atoms with van der Waals surface area (Å²) in [6, 6.07) is 3.75. The van der Waals surface area contributed by atoms with Gasteiger partial charge in [-0.2, -0.15) is 0 Å². The van der Waals surface area contributed by atoms with Crippen LogP contribution < -0.4 is 5.32 Å². The van der Waals surface area contributed by atoms with E-state index in [-0.39, 0.29) is 13.2 Å². The van der Waals surface area contributed by atoms with E-state index >= 15 is 0 Å². The monoisotopic (exact) mass is 363 g/mol. The molecule has 0 aliphatic carbocycles. The molecule has 0 aromatic heterocycles. The smallest absolute Gasteiger partial charge is 0.408 e. The van der Waals surface area contributed by atoms with Crippen LogP contribution in [0.15, 0.2) is 18.2 Å². The van der Waals surface area contributed by atoms with E-state index in [1.807, 2.05) is 0 Å². The Hall–Kier alpha value is -1.50. The number of benzene rings is 1. The number of nitrogens with one attached hydrogen (secondary N) is 1. The molecule has 0 heterocycles. The highest BCUT2D eigenvalue weighted by molar-refractivity contribution is 6.35. The van der Waals surface area contributed by atoms with Crippen molar-refractivity contribution in [3.8, 4) is 0 Å². The van der Waals surface area contributed by atoms with Crippen molar-refractivity contribution in [3.05, 3.63) is 33.8 Å². The van der Waals surface area contributed by atoms with Crippen molar-refractivity contribution in [3.63, 3.8) is 0 Å². The first-order valence-corrected chi connectivity index (χ1v) is 7.58. The number of hydrogen-bond acceptors (Lipinski definition) is 4. The summed E-state index contributed by atoms with van der Waals surface area (Å²) >= 11 is 12.0. The third-order valence-corrected chi connectivity index (χ3v) is 3.29. The number of carbonyl (C=O) groups excluding carboxylic acids is 1. The summed E-state index contributed by atoms with van der Waals surface area (Å²) in [5.41, 5.74) is -0.170. The van der Waals surface area contributed by atoms with Gasteiger partial charge in [-0.15, -0.1) is 0 Å². The Kier molecular flexibility index (Phi) is 7.12. The molecule has 2 N–H and O–H groups in total. The minimum absolute atomic E-state index is 0.0261. The second-order valence-electron chi connectivity index (χ2n) is 5.75. The number of carbonyl (C=O) groups is 2. The minimum Gasteiger partial charge on any atom is -0.480 e. The molecule has 0 saturated carbocycles. The van der Waals surface area contributed by atoms with Gasteiger partial charge in [0, 0.05) is 15.6 Å². The zero-order chi connectivity index (χ0) is 17.6. The lowest BCUT2D eigenvalue weighted by Crippen LogP contribution is -2.46. The fourth-order valence-electron chi connectivity index (χ4n) is 1.57. The lowest BCUT2D eigenvalue weighted by molar-refractivity contribution is -0.141. The Labute approximate surface area is 144 Å². The van der Waals surface area contributed by atoms with E-state index in [0.29, 0.717) is 15.6 Å². The Morgan fingerprint density at radius 1 is 1.26 bits per heavy atom. The standard InChI is InChI=1S/C15H19Cl2NO5/c1-15(2,3)23-14(21)18-12(13(19)20)8-22-7-9-10(16)5-4-6-11(9)17/h4-6,12H,7-8H2,1-3H3,(H,18,21)(H,19,20)/t12-/m1/s1. The molecule has 0 aliphatic heterocycles. The van der Waals surface area contributed by atoms with Gasteiger partial charge in [-0.1, -0.05) is 29.3 Å². The molecule has 1 amide bonds. The average molecular weight is 364 g/mol. The second-order valence-corrected chi connectivity index (χ2v) is 6.57. The molecule has 0 bridgehead atoms. The zero-order valence-electron chi connectivity index (χ0n) is 13.1. The van der Waals surface area contributed by atoms with Crippen molar-refractivity contribution in [1.82, 2.24) is 5.32 Å². The van der Waals surface area contributed by atoms with Gasteiger partial charge in [0.05, 0.1) is 13.2 Å². The first-order chi connectivity index (χ1) is 10.6. The van der Waals surface area contributed by atoms with E-state index < -0.39 is 23.7 Å². The second kappa shape index (κ2) is 8.38. The fourth-order valence-corrected chi connectivity index (χ4v) is 2.08. The van der Waals surface area contributed by atoms with Crippen LogP contribution in [0.2, 0.25) is 10.0 Å². The highest BCUT2D eigenvalue weighted by atomic mass is 35.5. The zero-order valence-corrected chi connectivity index (χ0v) is 14.6. The summed E-state index contributed by atoms with van der Waals surface area (Å²) < 4.78 is 10.3. The van der Waals surface area contributed by atoms with Crippen LogP contribution in [-0.2, 0) is 20.9 Å². The molecular formula is C15H19Cl2NO5. The van der Waals surface area contributed by atoms with Gasteiger partial charge >= 0.3 is 12.1 Å². The maximum absolute atomic E-state index is 11.6. The van der Waals surface area contributed by atoms with Crippen molar-refractivity contribution in [2.24, 2.45) is 0 Å². The van der Waals surface area contributed by atoms with Gasteiger partial charge < -0.3 is 19.9 Å². The number of carboxylic acids is 1. The number of carboxylic acid groups (broad SMARTS) is 1. The van der Waals surface area contributed by atoms with E-state index in [0.717, 1.165) is 0 Å². The first-order valence-electron chi connectivity index (χ1n) is 6.83. The van der Waals surface area contributed by atoms with Crippen LogP contribution in [0.1, 0.15) is 26.3 Å². The van der Waals surface area contributed by atoms with E-state index in [1.165, 1.54) is 0 Å². The molecule has 128 valence electrons. The van der Waals surface area contributed by atoms with Gasteiger partial charge in [-0.3, -0.25) is 0 Å². The number of ether oxygens (including phenoxy) is 2. The molecule has 0 fully saturated rings. The molecule has 23 heavy (non-hydrogen) atoms. The SMILES string of the molecule is CC(C)(C)OC(=O)N[C@H](COCc1c(Cl)cccc1Cl)C(=O)O. The third kappa shape index (κ3) is 7.07. The van der Waals surface area contributed by atoms with Crippen molar-refractivity contribution in [2.45, 2.75) is 39.0 Å². The summed E-state index contributed by atoms with van der Waals surface area (Å²) in [6.07, 6.45) is -0.829. The number of alkyl carbamates (subject to hydrolysis) is 1. The normalized spacial score (nSPS) is 12.6. The van der Waals surface area contributed by atoms with Gasteiger partial charge in [0.15, 0.2) is 6.04 Å². The van der Waals surface area contributed by atoms with Gasteiger partial charge in [-0.05, 0) is 32.9 Å². The highest BCUT2D eigenvalue weighted by Crippen LogP contribution is 2.24. The van der Waals surface area contributed by atoms with E-state index in [4.69, 9.17) is 37.8 Å². The van der Waals surface area contributed by atoms with Crippen LogP contribution >= 0.6 is 23.2 Å². The molecule has 0 saturated heterocycles. The Balaban J connectivity index is 2.57.